The van der Waals surface area contributed by atoms with Crippen molar-refractivity contribution in [3.63, 3.8) is 0 Å². The van der Waals surface area contributed by atoms with Gasteiger partial charge in [-0.3, -0.25) is 4.79 Å². The molecular formula is C29H32N6O4S. The highest BCUT2D eigenvalue weighted by molar-refractivity contribution is 7.12. The minimum absolute atomic E-state index is 0.103. The lowest BCUT2D eigenvalue weighted by molar-refractivity contribution is 0.0591. The van der Waals surface area contributed by atoms with Crippen LogP contribution in [-0.4, -0.2) is 75.9 Å². The zero-order valence-corrected chi connectivity index (χ0v) is 23.8. The molecule has 3 heterocycles. The van der Waals surface area contributed by atoms with Gasteiger partial charge in [0.2, 0.25) is 5.13 Å². The van der Waals surface area contributed by atoms with E-state index in [1.54, 1.807) is 27.8 Å². The van der Waals surface area contributed by atoms with Crippen molar-refractivity contribution in [2.45, 2.75) is 26.8 Å². The molecule has 0 spiro atoms. The number of nitrogens with zero attached hydrogens (tertiary/aromatic N) is 5. The lowest BCUT2D eigenvalue weighted by Crippen LogP contribution is -2.56. The molecule has 5 rings (SSSR count). The maximum Gasteiger partial charge on any atom is 0.322 e. The topological polar surface area (TPSA) is 102 Å². The van der Waals surface area contributed by atoms with Gasteiger partial charge in [0, 0.05) is 42.3 Å². The molecule has 1 saturated heterocycles. The summed E-state index contributed by atoms with van der Waals surface area (Å²) in [5.74, 6) is 1.44. The summed E-state index contributed by atoms with van der Waals surface area (Å²) in [7, 11) is 1.64. The van der Waals surface area contributed by atoms with Gasteiger partial charge in [-0.05, 0) is 69.3 Å². The minimum Gasteiger partial charge on any atom is -0.497 e. The molecule has 1 fully saturated rings. The monoisotopic (exact) mass is 560 g/mol. The lowest BCUT2D eigenvalue weighted by Gasteiger charge is -2.39. The van der Waals surface area contributed by atoms with E-state index in [0.717, 1.165) is 28.5 Å². The fourth-order valence-corrected chi connectivity index (χ4v) is 5.52. The average Bonchev–Trinajstić information content (AvgIpc) is 3.60. The van der Waals surface area contributed by atoms with Gasteiger partial charge in [0.25, 0.3) is 5.91 Å². The van der Waals surface area contributed by atoms with Crippen LogP contribution in [0.2, 0.25) is 0 Å². The van der Waals surface area contributed by atoms with E-state index in [0.29, 0.717) is 42.6 Å². The minimum atomic E-state index is -0.191. The van der Waals surface area contributed by atoms with Gasteiger partial charge in [-0.2, -0.15) is 5.10 Å². The SMILES string of the molecule is CCOc1ccc(NC(=O)N2CCN(C(=O)c3cnn(-c4nc(-c5ccc(OC)cc5)cs4)c3C)C[C@H]2C)cc1. The van der Waals surface area contributed by atoms with Crippen LogP contribution >= 0.6 is 11.3 Å². The second kappa shape index (κ2) is 11.8. The number of amides is 3. The first-order valence-electron chi connectivity index (χ1n) is 13.1. The summed E-state index contributed by atoms with van der Waals surface area (Å²) in [5.41, 5.74) is 3.76. The third kappa shape index (κ3) is 5.64. The molecule has 1 aliphatic rings. The number of carbonyl (C=O) groups is 2. The van der Waals surface area contributed by atoms with Gasteiger partial charge in [0.1, 0.15) is 11.5 Å². The third-order valence-corrected chi connectivity index (χ3v) is 7.71. The van der Waals surface area contributed by atoms with E-state index >= 15 is 0 Å². The van der Waals surface area contributed by atoms with Crippen molar-refractivity contribution in [3.8, 4) is 27.9 Å². The molecule has 0 saturated carbocycles. The van der Waals surface area contributed by atoms with Crippen molar-refractivity contribution in [3.05, 3.63) is 71.4 Å². The van der Waals surface area contributed by atoms with Crippen molar-refractivity contribution in [2.24, 2.45) is 0 Å². The molecule has 0 aliphatic carbocycles. The Hall–Kier alpha value is -4.38. The molecule has 11 heteroatoms. The normalized spacial score (nSPS) is 15.2. The Bertz CT molecular complexity index is 1480. The number of urea groups is 1. The molecule has 2 aromatic carbocycles. The Kier molecular flexibility index (Phi) is 8.01. The van der Waals surface area contributed by atoms with Gasteiger partial charge in [-0.1, -0.05) is 0 Å². The third-order valence-electron chi connectivity index (χ3n) is 6.89. The van der Waals surface area contributed by atoms with Crippen molar-refractivity contribution < 1.29 is 19.1 Å². The molecule has 40 heavy (non-hydrogen) atoms. The van der Waals surface area contributed by atoms with Crippen molar-refractivity contribution in [1.29, 1.82) is 0 Å². The van der Waals surface area contributed by atoms with Crippen LogP contribution in [0.25, 0.3) is 16.4 Å². The van der Waals surface area contributed by atoms with Crippen LogP contribution in [0.4, 0.5) is 10.5 Å². The van der Waals surface area contributed by atoms with Crippen LogP contribution in [0, 0.1) is 6.92 Å². The second-order valence-electron chi connectivity index (χ2n) is 9.48. The van der Waals surface area contributed by atoms with E-state index in [9.17, 15) is 9.59 Å². The highest BCUT2D eigenvalue weighted by atomic mass is 32.1. The molecule has 1 N–H and O–H groups in total. The molecule has 0 unspecified atom stereocenters. The number of anilines is 1. The summed E-state index contributed by atoms with van der Waals surface area (Å²) in [6, 6.07) is 14.7. The molecule has 208 valence electrons. The van der Waals surface area contributed by atoms with Crippen LogP contribution in [-0.2, 0) is 0 Å². The number of rotatable bonds is 7. The van der Waals surface area contributed by atoms with Crippen LogP contribution < -0.4 is 14.8 Å². The van der Waals surface area contributed by atoms with E-state index in [2.05, 4.69) is 10.4 Å². The van der Waals surface area contributed by atoms with Crippen LogP contribution in [0.3, 0.4) is 0 Å². The fourth-order valence-electron chi connectivity index (χ4n) is 4.68. The summed E-state index contributed by atoms with van der Waals surface area (Å²) in [6.45, 7) is 7.63. The van der Waals surface area contributed by atoms with E-state index in [1.807, 2.05) is 74.7 Å². The fraction of sp³-hybridized carbons (Fsp3) is 0.310. The highest BCUT2D eigenvalue weighted by Crippen LogP contribution is 2.27. The van der Waals surface area contributed by atoms with Gasteiger partial charge < -0.3 is 24.6 Å². The Morgan fingerprint density at radius 1 is 1.07 bits per heavy atom. The number of piperazine rings is 1. The summed E-state index contributed by atoms with van der Waals surface area (Å²) in [4.78, 5) is 34.7. The number of hydrogen-bond donors (Lipinski definition) is 1. The number of ether oxygens (including phenoxy) is 2. The first kappa shape index (κ1) is 27.2. The van der Waals surface area contributed by atoms with Crippen molar-refractivity contribution in [1.82, 2.24) is 24.6 Å². The molecule has 3 amide bonds. The highest BCUT2D eigenvalue weighted by Gasteiger charge is 2.31. The number of aromatic nitrogens is 3. The van der Waals surface area contributed by atoms with E-state index in [1.165, 1.54) is 11.3 Å². The lowest BCUT2D eigenvalue weighted by atomic mass is 10.1. The number of benzene rings is 2. The predicted molar refractivity (Wildman–Crippen MR) is 155 cm³/mol. The van der Waals surface area contributed by atoms with Crippen LogP contribution in [0.15, 0.2) is 60.1 Å². The number of methoxy groups -OCH3 is 1. The number of carbonyl (C=O) groups excluding carboxylic acids is 2. The maximum absolute atomic E-state index is 13.5. The van der Waals surface area contributed by atoms with Gasteiger partial charge >= 0.3 is 6.03 Å². The molecular weight excluding hydrogens is 528 g/mol. The first-order valence-corrected chi connectivity index (χ1v) is 14.0. The van der Waals surface area contributed by atoms with E-state index in [-0.39, 0.29) is 18.0 Å². The summed E-state index contributed by atoms with van der Waals surface area (Å²) < 4.78 is 12.4. The Labute approximate surface area is 237 Å². The summed E-state index contributed by atoms with van der Waals surface area (Å²) >= 11 is 1.46. The van der Waals surface area contributed by atoms with Gasteiger partial charge in [0.05, 0.1) is 36.9 Å². The maximum atomic E-state index is 13.5. The summed E-state index contributed by atoms with van der Waals surface area (Å²) in [6.07, 6.45) is 1.60. The molecule has 10 nitrogen and oxygen atoms in total. The average molecular weight is 561 g/mol. The number of nitrogens with one attached hydrogen (secondary N) is 1. The standard InChI is InChI=1S/C29H32N6O4S/c1-5-39-24-12-8-22(9-13-24)31-28(37)34-15-14-33(17-19(34)2)27(36)25-16-30-35(20(25)3)29-32-26(18-40-29)21-6-10-23(38-4)11-7-21/h6-13,16,18-19H,5,14-15,17H2,1-4H3,(H,31,37)/t19-/m1/s1. The van der Waals surface area contributed by atoms with Gasteiger partial charge in [-0.15, -0.1) is 11.3 Å². The molecule has 0 bridgehead atoms. The number of hydrogen-bond acceptors (Lipinski definition) is 7. The Balaban J connectivity index is 1.22. The van der Waals surface area contributed by atoms with E-state index < -0.39 is 0 Å². The zero-order chi connectivity index (χ0) is 28.2. The molecule has 4 aromatic rings. The Morgan fingerprint density at radius 3 is 2.48 bits per heavy atom. The van der Waals surface area contributed by atoms with Gasteiger partial charge in [0.15, 0.2) is 0 Å². The predicted octanol–water partition coefficient (Wildman–Crippen LogP) is 5.09. The molecule has 2 aromatic heterocycles. The molecule has 0 radical (unpaired) electrons. The summed E-state index contributed by atoms with van der Waals surface area (Å²) in [5, 5.41) is 10.1. The zero-order valence-electron chi connectivity index (χ0n) is 23.0. The largest absolute Gasteiger partial charge is 0.497 e. The Morgan fingerprint density at radius 2 is 1.80 bits per heavy atom. The van der Waals surface area contributed by atoms with Crippen LogP contribution in [0.1, 0.15) is 29.9 Å². The number of thiazole rings is 1. The molecule has 1 aliphatic heterocycles. The second-order valence-corrected chi connectivity index (χ2v) is 10.3. The first-order chi connectivity index (χ1) is 19.4. The van der Waals surface area contributed by atoms with Crippen molar-refractivity contribution in [2.75, 3.05) is 38.7 Å². The quantitative estimate of drug-likeness (QED) is 0.338. The smallest absolute Gasteiger partial charge is 0.322 e. The molecule has 1 atom stereocenters. The van der Waals surface area contributed by atoms with Gasteiger partial charge in [-0.25, -0.2) is 14.5 Å². The van der Waals surface area contributed by atoms with Crippen LogP contribution in [0.5, 0.6) is 11.5 Å². The van der Waals surface area contributed by atoms with E-state index in [4.69, 9.17) is 14.5 Å². The van der Waals surface area contributed by atoms with Crippen molar-refractivity contribution >= 4 is 29.0 Å².